The van der Waals surface area contributed by atoms with Crippen LogP contribution in [0, 0.1) is 5.41 Å². The smallest absolute Gasteiger partial charge is 0.331 e. The molecule has 0 radical (unpaired) electrons. The zero-order valence-electron chi connectivity index (χ0n) is 18.8. The Morgan fingerprint density at radius 1 is 1.24 bits per heavy atom. The van der Waals surface area contributed by atoms with Gasteiger partial charge < -0.3 is 9.47 Å². The summed E-state index contributed by atoms with van der Waals surface area (Å²) >= 11 is 0. The van der Waals surface area contributed by atoms with E-state index < -0.39 is 11.7 Å². The molecule has 1 heterocycles. The van der Waals surface area contributed by atoms with Crippen molar-refractivity contribution in [2.45, 2.75) is 91.5 Å². The van der Waals surface area contributed by atoms with E-state index in [-0.39, 0.29) is 17.5 Å². The van der Waals surface area contributed by atoms with Gasteiger partial charge in [-0.1, -0.05) is 36.3 Å². The first-order valence-electron chi connectivity index (χ1n) is 10.6. The zero-order chi connectivity index (χ0) is 21.7. The molecule has 4 nitrogen and oxygen atoms in total. The van der Waals surface area contributed by atoms with E-state index >= 15 is 0 Å². The molecule has 1 fully saturated rings. The van der Waals surface area contributed by atoms with Crippen molar-refractivity contribution < 1.29 is 19.1 Å². The fourth-order valence-electron chi connectivity index (χ4n) is 3.75. The predicted molar refractivity (Wildman–Crippen MR) is 116 cm³/mol. The molecule has 0 aromatic carbocycles. The van der Waals surface area contributed by atoms with Crippen LogP contribution in [-0.4, -0.2) is 30.1 Å². The number of carbonyl (C=O) groups excluding carboxylic acids is 2. The molecule has 4 atom stereocenters. The molecule has 1 aliphatic carbocycles. The van der Waals surface area contributed by atoms with Gasteiger partial charge in [0, 0.05) is 6.08 Å². The van der Waals surface area contributed by atoms with Gasteiger partial charge in [0.1, 0.15) is 11.9 Å². The van der Waals surface area contributed by atoms with Gasteiger partial charge in [-0.25, -0.2) is 4.79 Å². The van der Waals surface area contributed by atoms with Crippen LogP contribution in [0.5, 0.6) is 0 Å². The quantitative estimate of drug-likeness (QED) is 0.190. The maximum Gasteiger partial charge on any atom is 0.331 e. The lowest BCUT2D eigenvalue weighted by molar-refractivity contribution is -0.143. The van der Waals surface area contributed by atoms with E-state index in [0.717, 1.165) is 43.1 Å². The summed E-state index contributed by atoms with van der Waals surface area (Å²) in [6, 6.07) is 0. The van der Waals surface area contributed by atoms with Crippen LogP contribution in [0.1, 0.15) is 73.6 Å². The van der Waals surface area contributed by atoms with Crippen LogP contribution in [0.4, 0.5) is 0 Å². The average Bonchev–Trinajstić information content (AvgIpc) is 3.28. The van der Waals surface area contributed by atoms with Crippen LogP contribution < -0.4 is 0 Å². The Labute approximate surface area is 175 Å². The van der Waals surface area contributed by atoms with Crippen molar-refractivity contribution in [1.29, 1.82) is 0 Å². The van der Waals surface area contributed by atoms with Crippen molar-refractivity contribution in [2.75, 3.05) is 0 Å². The Morgan fingerprint density at radius 2 is 1.97 bits per heavy atom. The number of ether oxygens (including phenoxy) is 2. The second-order valence-electron chi connectivity index (χ2n) is 9.34. The highest BCUT2D eigenvalue weighted by Gasteiger charge is 2.58. The standard InChI is InChI=1S/C25H36O4/c1-18(2)8-7-13-24(5)14-11-20(17-26)9-10-22-25(6,29-22)21(12-15-24)28-23(27)16-19(3)4/h8,11-12,15-17,21-22H,7,9-10,13-14H2,1-6H3/b15-12+,20-11+/t21-,22-,24+,25+/m1/s1. The highest BCUT2D eigenvalue weighted by Crippen LogP contribution is 2.45. The van der Waals surface area contributed by atoms with E-state index in [1.54, 1.807) is 0 Å². The number of esters is 1. The number of hydrogen-bond acceptors (Lipinski definition) is 4. The minimum Gasteiger partial charge on any atom is -0.452 e. The van der Waals surface area contributed by atoms with Crippen molar-refractivity contribution in [1.82, 2.24) is 0 Å². The summed E-state index contributed by atoms with van der Waals surface area (Å²) in [4.78, 5) is 23.8. The van der Waals surface area contributed by atoms with E-state index in [4.69, 9.17) is 9.47 Å². The Hall–Kier alpha value is -1.94. The third-order valence-corrected chi connectivity index (χ3v) is 5.81. The van der Waals surface area contributed by atoms with Crippen LogP contribution >= 0.6 is 0 Å². The number of aldehydes is 1. The highest BCUT2D eigenvalue weighted by atomic mass is 16.6. The summed E-state index contributed by atoms with van der Waals surface area (Å²) < 4.78 is 11.8. The van der Waals surface area contributed by atoms with E-state index in [2.05, 4.69) is 39.0 Å². The topological polar surface area (TPSA) is 55.9 Å². The molecule has 0 spiro atoms. The molecule has 2 rings (SSSR count). The van der Waals surface area contributed by atoms with E-state index in [1.165, 1.54) is 11.6 Å². The molecule has 0 unspecified atom stereocenters. The third kappa shape index (κ3) is 6.81. The summed E-state index contributed by atoms with van der Waals surface area (Å²) in [7, 11) is 0. The summed E-state index contributed by atoms with van der Waals surface area (Å²) in [5, 5.41) is 0. The number of rotatable bonds is 6. The van der Waals surface area contributed by atoms with Gasteiger partial charge in [-0.3, -0.25) is 4.79 Å². The first kappa shape index (κ1) is 23.3. The van der Waals surface area contributed by atoms with Crippen molar-refractivity contribution in [3.63, 3.8) is 0 Å². The molecule has 160 valence electrons. The molecule has 0 aromatic rings. The van der Waals surface area contributed by atoms with Gasteiger partial charge in [0.2, 0.25) is 0 Å². The van der Waals surface area contributed by atoms with Crippen molar-refractivity contribution in [3.8, 4) is 0 Å². The molecule has 0 saturated carbocycles. The summed E-state index contributed by atoms with van der Waals surface area (Å²) in [6.07, 6.45) is 14.6. The van der Waals surface area contributed by atoms with Gasteiger partial charge in [-0.2, -0.15) is 0 Å². The Morgan fingerprint density at radius 3 is 2.59 bits per heavy atom. The van der Waals surface area contributed by atoms with E-state index in [9.17, 15) is 9.59 Å². The van der Waals surface area contributed by atoms with E-state index in [0.29, 0.717) is 6.42 Å². The summed E-state index contributed by atoms with van der Waals surface area (Å²) in [5.74, 6) is -0.344. The number of fused-ring (bicyclic) bond motifs is 1. The molecule has 0 N–H and O–H groups in total. The number of carbonyl (C=O) groups is 2. The minimum absolute atomic E-state index is 0.0185. The Kier molecular flexibility index (Phi) is 7.81. The van der Waals surface area contributed by atoms with Crippen molar-refractivity contribution in [3.05, 3.63) is 47.1 Å². The molecule has 0 amide bonds. The van der Waals surface area contributed by atoms with Crippen LogP contribution in [-0.2, 0) is 19.1 Å². The second-order valence-corrected chi connectivity index (χ2v) is 9.34. The minimum atomic E-state index is -0.541. The number of epoxide rings is 1. The van der Waals surface area contributed by atoms with E-state index in [1.807, 2.05) is 26.8 Å². The van der Waals surface area contributed by atoms with Gasteiger partial charge in [0.15, 0.2) is 6.10 Å². The van der Waals surface area contributed by atoms with Gasteiger partial charge in [0.05, 0.1) is 6.10 Å². The average molecular weight is 401 g/mol. The highest BCUT2D eigenvalue weighted by molar-refractivity contribution is 5.83. The number of allylic oxidation sites excluding steroid dienone is 6. The lowest BCUT2D eigenvalue weighted by Crippen LogP contribution is -2.32. The lowest BCUT2D eigenvalue weighted by Gasteiger charge is -2.26. The molecule has 29 heavy (non-hydrogen) atoms. The summed E-state index contributed by atoms with van der Waals surface area (Å²) in [5.41, 5.74) is 2.35. The Balaban J connectivity index is 2.31. The SMILES string of the molecule is CC(C)=CCC[C@]1(C)/C=C/[C@@H](OC(=O)C=C(C)C)[C@]2(C)O[C@@H]2CC/C(C=O)=C\C1. The fraction of sp³-hybridized carbons (Fsp3) is 0.600. The maximum atomic E-state index is 12.3. The van der Waals surface area contributed by atoms with Gasteiger partial charge in [-0.15, -0.1) is 0 Å². The fourth-order valence-corrected chi connectivity index (χ4v) is 3.75. The summed E-state index contributed by atoms with van der Waals surface area (Å²) in [6.45, 7) is 12.1. The molecular formula is C25H36O4. The van der Waals surface area contributed by atoms with Gasteiger partial charge in [-0.05, 0) is 83.8 Å². The predicted octanol–water partition coefficient (Wildman–Crippen LogP) is 5.64. The molecule has 0 bridgehead atoms. The normalized spacial score (nSPS) is 34.3. The lowest BCUT2D eigenvalue weighted by atomic mass is 9.80. The Bertz CT molecular complexity index is 734. The third-order valence-electron chi connectivity index (χ3n) is 5.81. The second kappa shape index (κ2) is 9.71. The van der Waals surface area contributed by atoms with Crippen molar-refractivity contribution in [2.24, 2.45) is 5.41 Å². The maximum absolute atomic E-state index is 12.3. The monoisotopic (exact) mass is 400 g/mol. The van der Waals surface area contributed by atoms with Crippen LogP contribution in [0.15, 0.2) is 47.1 Å². The molecule has 2 aliphatic rings. The van der Waals surface area contributed by atoms with Crippen LogP contribution in [0.3, 0.4) is 0 Å². The van der Waals surface area contributed by atoms with Crippen molar-refractivity contribution >= 4 is 12.3 Å². The van der Waals surface area contributed by atoms with Crippen LogP contribution in [0.25, 0.3) is 0 Å². The molecular weight excluding hydrogens is 364 g/mol. The molecule has 0 aromatic heterocycles. The van der Waals surface area contributed by atoms with Crippen LogP contribution in [0.2, 0.25) is 0 Å². The molecule has 1 saturated heterocycles. The largest absolute Gasteiger partial charge is 0.452 e. The number of hydrogen-bond donors (Lipinski definition) is 0. The molecule has 4 heteroatoms. The first-order chi connectivity index (χ1) is 13.6. The first-order valence-corrected chi connectivity index (χ1v) is 10.6. The van der Waals surface area contributed by atoms with Gasteiger partial charge in [0.25, 0.3) is 0 Å². The molecule has 1 aliphatic heterocycles. The zero-order valence-corrected chi connectivity index (χ0v) is 18.8. The van der Waals surface area contributed by atoms with Gasteiger partial charge >= 0.3 is 5.97 Å².